The first-order valence-electron chi connectivity index (χ1n) is 7.86. The van der Waals surface area contributed by atoms with Crippen molar-refractivity contribution in [1.82, 2.24) is 0 Å². The highest BCUT2D eigenvalue weighted by Crippen LogP contribution is 2.28. The second-order valence-corrected chi connectivity index (χ2v) is 7.13. The molecule has 8 heteroatoms. The number of anilines is 2. The van der Waals surface area contributed by atoms with Crippen LogP contribution >= 0.6 is 11.8 Å². The Bertz CT molecular complexity index is 854. The lowest BCUT2D eigenvalue weighted by molar-refractivity contribution is -0.384. The number of carbonyl (C=O) groups excluding carboxylic acids is 2. The Kier molecular flexibility index (Phi) is 6.35. The Morgan fingerprint density at radius 3 is 2.54 bits per heavy atom. The van der Waals surface area contributed by atoms with Crippen molar-refractivity contribution in [3.8, 4) is 0 Å². The van der Waals surface area contributed by atoms with Crippen molar-refractivity contribution in [1.29, 1.82) is 0 Å². The van der Waals surface area contributed by atoms with E-state index in [0.29, 0.717) is 11.4 Å². The summed E-state index contributed by atoms with van der Waals surface area (Å²) in [5.74, 6) is -0.428. The summed E-state index contributed by atoms with van der Waals surface area (Å²) in [6.45, 7) is 4.95. The molecule has 0 aromatic heterocycles. The van der Waals surface area contributed by atoms with Gasteiger partial charge in [-0.25, -0.2) is 0 Å². The molecule has 0 bridgehead atoms. The summed E-state index contributed by atoms with van der Waals surface area (Å²) in [5, 5.41) is 15.9. The maximum atomic E-state index is 12.4. The molecule has 1 unspecified atom stereocenters. The first kappa shape index (κ1) is 19.5. The van der Waals surface area contributed by atoms with Crippen molar-refractivity contribution in [2.45, 2.75) is 30.9 Å². The van der Waals surface area contributed by atoms with Gasteiger partial charge in [0, 0.05) is 29.6 Å². The minimum absolute atomic E-state index is 0.0748. The van der Waals surface area contributed by atoms with E-state index in [1.165, 1.54) is 30.8 Å². The van der Waals surface area contributed by atoms with Crippen LogP contribution in [0.15, 0.2) is 47.4 Å². The maximum absolute atomic E-state index is 12.4. The van der Waals surface area contributed by atoms with E-state index in [-0.39, 0.29) is 17.5 Å². The van der Waals surface area contributed by atoms with Gasteiger partial charge in [0.2, 0.25) is 11.8 Å². The zero-order chi connectivity index (χ0) is 19.3. The number of hydrogen-bond donors (Lipinski definition) is 2. The summed E-state index contributed by atoms with van der Waals surface area (Å²) in [5.41, 5.74) is 1.75. The number of thioether (sulfide) groups is 1. The summed E-state index contributed by atoms with van der Waals surface area (Å²) in [4.78, 5) is 34.8. The third-order valence-corrected chi connectivity index (χ3v) is 4.62. The molecule has 2 rings (SSSR count). The quantitative estimate of drug-likeness (QED) is 0.453. The number of carbonyl (C=O) groups is 2. The molecule has 0 spiro atoms. The van der Waals surface area contributed by atoms with Gasteiger partial charge in [-0.15, -0.1) is 11.8 Å². The fraction of sp³-hybridized carbons (Fsp3) is 0.222. The maximum Gasteiger partial charge on any atom is 0.271 e. The van der Waals surface area contributed by atoms with Gasteiger partial charge >= 0.3 is 0 Å². The van der Waals surface area contributed by atoms with Crippen LogP contribution in [-0.2, 0) is 9.59 Å². The number of nitro groups is 1. The van der Waals surface area contributed by atoms with E-state index in [2.05, 4.69) is 10.6 Å². The molecule has 0 heterocycles. The number of amides is 2. The third-order valence-electron chi connectivity index (χ3n) is 3.53. The summed E-state index contributed by atoms with van der Waals surface area (Å²) >= 11 is 1.33. The molecule has 7 nitrogen and oxygen atoms in total. The van der Waals surface area contributed by atoms with Gasteiger partial charge in [0.05, 0.1) is 15.9 Å². The molecule has 0 saturated heterocycles. The minimum atomic E-state index is -0.499. The highest BCUT2D eigenvalue weighted by molar-refractivity contribution is 8.00. The second kappa shape index (κ2) is 8.48. The van der Waals surface area contributed by atoms with Crippen LogP contribution in [0, 0.1) is 17.0 Å². The van der Waals surface area contributed by atoms with Crippen LogP contribution in [0.2, 0.25) is 0 Å². The molecular weight excluding hydrogens is 354 g/mol. The topological polar surface area (TPSA) is 101 Å². The average Bonchev–Trinajstić information content (AvgIpc) is 2.56. The van der Waals surface area contributed by atoms with Crippen molar-refractivity contribution in [3.05, 3.63) is 58.1 Å². The molecule has 0 saturated carbocycles. The van der Waals surface area contributed by atoms with E-state index in [1.54, 1.807) is 38.1 Å². The van der Waals surface area contributed by atoms with Crippen molar-refractivity contribution < 1.29 is 14.5 Å². The molecule has 26 heavy (non-hydrogen) atoms. The number of aryl methyl sites for hydroxylation is 1. The van der Waals surface area contributed by atoms with Gasteiger partial charge in [-0.1, -0.05) is 12.1 Å². The molecule has 2 aromatic rings. The smallest absolute Gasteiger partial charge is 0.271 e. The lowest BCUT2D eigenvalue weighted by Crippen LogP contribution is -2.22. The normalized spacial score (nSPS) is 11.5. The fourth-order valence-electron chi connectivity index (χ4n) is 2.20. The lowest BCUT2D eigenvalue weighted by Gasteiger charge is -2.14. The first-order valence-corrected chi connectivity index (χ1v) is 8.74. The van der Waals surface area contributed by atoms with Crippen LogP contribution in [0.3, 0.4) is 0 Å². The van der Waals surface area contributed by atoms with E-state index < -0.39 is 10.2 Å². The lowest BCUT2D eigenvalue weighted by atomic mass is 10.2. The Morgan fingerprint density at radius 2 is 1.88 bits per heavy atom. The monoisotopic (exact) mass is 373 g/mol. The van der Waals surface area contributed by atoms with Crippen molar-refractivity contribution in [3.63, 3.8) is 0 Å². The first-order chi connectivity index (χ1) is 12.3. The summed E-state index contributed by atoms with van der Waals surface area (Å²) in [7, 11) is 0. The molecule has 0 aliphatic rings. The minimum Gasteiger partial charge on any atom is -0.326 e. The number of nitrogens with zero attached hydrogens (tertiary/aromatic N) is 1. The Hall–Kier alpha value is -2.87. The number of hydrogen-bond acceptors (Lipinski definition) is 5. The third kappa shape index (κ3) is 5.32. The number of nitrogens with one attached hydrogen (secondary N) is 2. The standard InChI is InChI=1S/C18H19N3O4S/c1-11-7-8-15(21(24)25)10-17(11)20-18(23)12(2)26-16-6-4-5-14(9-16)19-13(3)22/h4-10,12H,1-3H3,(H,19,22)(H,20,23). The number of rotatable bonds is 6. The van der Waals surface area contributed by atoms with E-state index in [1.807, 2.05) is 6.07 Å². The molecule has 2 aromatic carbocycles. The van der Waals surface area contributed by atoms with Crippen LogP contribution in [0.1, 0.15) is 19.4 Å². The number of nitro benzene ring substituents is 1. The van der Waals surface area contributed by atoms with Crippen LogP contribution in [0.25, 0.3) is 0 Å². The molecule has 136 valence electrons. The molecule has 0 aliphatic heterocycles. The molecule has 0 fully saturated rings. The average molecular weight is 373 g/mol. The van der Waals surface area contributed by atoms with Gasteiger partial charge in [0.15, 0.2) is 0 Å². The van der Waals surface area contributed by atoms with E-state index >= 15 is 0 Å². The Balaban J connectivity index is 2.07. The van der Waals surface area contributed by atoms with Gasteiger partial charge in [0.25, 0.3) is 5.69 Å². The highest BCUT2D eigenvalue weighted by atomic mass is 32.2. The van der Waals surface area contributed by atoms with Crippen LogP contribution in [0.4, 0.5) is 17.1 Å². The molecule has 0 radical (unpaired) electrons. The zero-order valence-electron chi connectivity index (χ0n) is 14.6. The predicted octanol–water partition coefficient (Wildman–Crippen LogP) is 3.98. The van der Waals surface area contributed by atoms with Crippen LogP contribution in [0.5, 0.6) is 0 Å². The second-order valence-electron chi connectivity index (χ2n) is 5.71. The summed E-state index contributed by atoms with van der Waals surface area (Å²) < 4.78 is 0. The molecule has 2 N–H and O–H groups in total. The fourth-order valence-corrected chi connectivity index (χ4v) is 3.13. The molecule has 1 atom stereocenters. The highest BCUT2D eigenvalue weighted by Gasteiger charge is 2.17. The summed E-state index contributed by atoms with van der Waals surface area (Å²) in [6.07, 6.45) is 0. The molecule has 0 aliphatic carbocycles. The van der Waals surface area contributed by atoms with Gasteiger partial charge < -0.3 is 10.6 Å². The predicted molar refractivity (Wildman–Crippen MR) is 103 cm³/mol. The van der Waals surface area contributed by atoms with Gasteiger partial charge in [-0.3, -0.25) is 19.7 Å². The Labute approximate surface area is 155 Å². The van der Waals surface area contributed by atoms with Crippen LogP contribution in [-0.4, -0.2) is 22.0 Å². The van der Waals surface area contributed by atoms with E-state index in [0.717, 1.165) is 10.5 Å². The zero-order valence-corrected chi connectivity index (χ0v) is 15.4. The number of benzene rings is 2. The van der Waals surface area contributed by atoms with Crippen molar-refractivity contribution in [2.24, 2.45) is 0 Å². The van der Waals surface area contributed by atoms with Gasteiger partial charge in [-0.2, -0.15) is 0 Å². The van der Waals surface area contributed by atoms with Gasteiger partial charge in [-0.05, 0) is 37.6 Å². The van der Waals surface area contributed by atoms with Crippen LogP contribution < -0.4 is 10.6 Å². The van der Waals surface area contributed by atoms with Gasteiger partial charge in [0.1, 0.15) is 0 Å². The van der Waals surface area contributed by atoms with Crippen molar-refractivity contribution >= 4 is 40.6 Å². The number of non-ortho nitro benzene ring substituents is 1. The van der Waals surface area contributed by atoms with E-state index in [4.69, 9.17) is 0 Å². The Morgan fingerprint density at radius 1 is 1.15 bits per heavy atom. The SMILES string of the molecule is CC(=O)Nc1cccc(SC(C)C(=O)Nc2cc([N+](=O)[O-])ccc2C)c1. The van der Waals surface area contributed by atoms with Crippen molar-refractivity contribution in [2.75, 3.05) is 10.6 Å². The largest absolute Gasteiger partial charge is 0.326 e. The summed E-state index contributed by atoms with van der Waals surface area (Å²) in [6, 6.07) is 11.5. The molecular formula is C18H19N3O4S. The molecule has 2 amide bonds. The van der Waals surface area contributed by atoms with E-state index in [9.17, 15) is 19.7 Å².